The lowest BCUT2D eigenvalue weighted by molar-refractivity contribution is -0.118. The number of benzene rings is 4. The maximum Gasteiger partial charge on any atom is 0.265 e. The minimum absolute atomic E-state index is 0.147. The van der Waals surface area contributed by atoms with Gasteiger partial charge in [0.15, 0.2) is 23.1 Å². The summed E-state index contributed by atoms with van der Waals surface area (Å²) in [6, 6.07) is 23.9. The van der Waals surface area contributed by atoms with Crippen LogP contribution in [0.5, 0.6) is 17.4 Å². The van der Waals surface area contributed by atoms with E-state index in [4.69, 9.17) is 14.1 Å². The van der Waals surface area contributed by atoms with Crippen molar-refractivity contribution in [2.45, 2.75) is 46.6 Å². The largest absolute Gasteiger partial charge is 0.493 e. The highest BCUT2D eigenvalue weighted by molar-refractivity contribution is 6.12. The van der Waals surface area contributed by atoms with Crippen LogP contribution in [0.15, 0.2) is 83.0 Å². The second-order valence-corrected chi connectivity index (χ2v) is 13.3. The third kappa shape index (κ3) is 5.00. The van der Waals surface area contributed by atoms with Crippen LogP contribution in [0.4, 0.5) is 17.2 Å². The Balaban J connectivity index is 1.20. The van der Waals surface area contributed by atoms with Crippen molar-refractivity contribution < 1.29 is 18.9 Å². The Bertz CT molecular complexity index is 2310. The van der Waals surface area contributed by atoms with Crippen molar-refractivity contribution in [1.29, 1.82) is 0 Å². The van der Waals surface area contributed by atoms with Crippen molar-refractivity contribution in [3.8, 4) is 17.4 Å². The Morgan fingerprint density at radius 3 is 2.56 bits per heavy atom. The third-order valence-electron chi connectivity index (χ3n) is 9.41. The van der Waals surface area contributed by atoms with Crippen molar-refractivity contribution in [1.82, 2.24) is 20.3 Å². The van der Waals surface area contributed by atoms with Gasteiger partial charge in [-0.2, -0.15) is 9.97 Å². The van der Waals surface area contributed by atoms with Crippen LogP contribution in [-0.2, 0) is 4.79 Å². The molecule has 48 heavy (non-hydrogen) atoms. The average molecular weight is 639 g/mol. The highest BCUT2D eigenvalue weighted by Crippen LogP contribution is 2.52. The molecular weight excluding hydrogens is 604 g/mol. The molecular formula is C38H34N6O4. The van der Waals surface area contributed by atoms with Gasteiger partial charge in [0.25, 0.3) is 5.88 Å². The average Bonchev–Trinajstić information content (AvgIpc) is 3.53. The van der Waals surface area contributed by atoms with Crippen LogP contribution in [0.2, 0.25) is 0 Å². The first kappa shape index (κ1) is 29.6. The molecule has 0 fully saturated rings. The molecule has 2 aromatic heterocycles. The van der Waals surface area contributed by atoms with Crippen molar-refractivity contribution in [3.63, 3.8) is 0 Å². The Kier molecular flexibility index (Phi) is 6.90. The van der Waals surface area contributed by atoms with Gasteiger partial charge in [0.2, 0.25) is 11.3 Å². The lowest BCUT2D eigenvalue weighted by atomic mass is 9.68. The molecule has 0 saturated heterocycles. The molecule has 0 radical (unpaired) electrons. The monoisotopic (exact) mass is 638 g/mol. The fraction of sp³-hybridized carbons (Fsp3) is 0.237. The van der Waals surface area contributed by atoms with E-state index >= 15 is 0 Å². The van der Waals surface area contributed by atoms with Crippen LogP contribution in [0.3, 0.4) is 0 Å². The number of fused-ring (bicyclic) bond motifs is 5. The molecule has 240 valence electrons. The van der Waals surface area contributed by atoms with Crippen molar-refractivity contribution in [2.75, 3.05) is 17.7 Å². The SMILES string of the molecule is COc1cc(C2Nc3ccc4ccccc4c3C3=C2C(=O)CC(C)(C)C3)ccc1Oc1nc2nonc2nc1Nc1cccc(C)c1C. The molecule has 0 amide bonds. The van der Waals surface area contributed by atoms with Crippen LogP contribution in [-0.4, -0.2) is 33.2 Å². The predicted octanol–water partition coefficient (Wildman–Crippen LogP) is 8.64. The number of Topliss-reactive ketones (excluding diaryl/α,β-unsaturated/α-hetero) is 1. The van der Waals surface area contributed by atoms with Gasteiger partial charge in [0.05, 0.1) is 13.2 Å². The molecule has 2 N–H and O–H groups in total. The molecule has 1 aliphatic carbocycles. The van der Waals surface area contributed by atoms with E-state index in [0.717, 1.165) is 62.0 Å². The van der Waals surface area contributed by atoms with E-state index < -0.39 is 0 Å². The summed E-state index contributed by atoms with van der Waals surface area (Å²) in [4.78, 5) is 23.1. The number of ether oxygens (including phenoxy) is 2. The number of aromatic nitrogens is 4. The molecule has 2 aliphatic rings. The summed E-state index contributed by atoms with van der Waals surface area (Å²) < 4.78 is 17.1. The molecule has 0 spiro atoms. The van der Waals surface area contributed by atoms with E-state index in [-0.39, 0.29) is 34.4 Å². The number of methoxy groups -OCH3 is 1. The number of nitrogens with zero attached hydrogens (tertiary/aromatic N) is 4. The summed E-state index contributed by atoms with van der Waals surface area (Å²) in [5.41, 5.74) is 8.29. The quantitative estimate of drug-likeness (QED) is 0.183. The van der Waals surface area contributed by atoms with Gasteiger partial charge in [0.1, 0.15) is 0 Å². The number of ketones is 1. The zero-order valence-corrected chi connectivity index (χ0v) is 27.3. The molecule has 1 unspecified atom stereocenters. The minimum Gasteiger partial charge on any atom is -0.493 e. The van der Waals surface area contributed by atoms with Gasteiger partial charge in [0, 0.05) is 28.9 Å². The number of carbonyl (C=O) groups excluding carboxylic acids is 1. The van der Waals surface area contributed by atoms with Gasteiger partial charge >= 0.3 is 0 Å². The molecule has 6 aromatic rings. The van der Waals surface area contributed by atoms with Crippen LogP contribution < -0.4 is 20.1 Å². The Labute approximate surface area is 277 Å². The van der Waals surface area contributed by atoms with Gasteiger partial charge in [-0.25, -0.2) is 4.63 Å². The van der Waals surface area contributed by atoms with E-state index in [9.17, 15) is 4.79 Å². The zero-order chi connectivity index (χ0) is 33.2. The number of hydrogen-bond acceptors (Lipinski definition) is 10. The summed E-state index contributed by atoms with van der Waals surface area (Å²) in [6.07, 6.45) is 1.29. The van der Waals surface area contributed by atoms with Gasteiger partial charge < -0.3 is 20.1 Å². The molecule has 1 aliphatic heterocycles. The Morgan fingerprint density at radius 2 is 1.73 bits per heavy atom. The summed E-state index contributed by atoms with van der Waals surface area (Å²) in [6.45, 7) is 8.42. The third-order valence-corrected chi connectivity index (χ3v) is 9.41. The van der Waals surface area contributed by atoms with Crippen LogP contribution in [0.1, 0.15) is 55.0 Å². The predicted molar refractivity (Wildman–Crippen MR) is 185 cm³/mol. The molecule has 1 atom stereocenters. The fourth-order valence-corrected chi connectivity index (χ4v) is 6.93. The number of aryl methyl sites for hydroxylation is 1. The minimum atomic E-state index is -0.362. The van der Waals surface area contributed by atoms with Crippen molar-refractivity contribution in [3.05, 3.63) is 101 Å². The maximum atomic E-state index is 14.0. The van der Waals surface area contributed by atoms with E-state index in [2.05, 4.69) is 75.1 Å². The smallest absolute Gasteiger partial charge is 0.265 e. The lowest BCUT2D eigenvalue weighted by Gasteiger charge is -2.40. The highest BCUT2D eigenvalue weighted by Gasteiger charge is 2.41. The molecule has 8 rings (SSSR count). The van der Waals surface area contributed by atoms with E-state index in [1.165, 1.54) is 0 Å². The topological polar surface area (TPSA) is 124 Å². The molecule has 10 nitrogen and oxygen atoms in total. The number of carbonyl (C=O) groups is 1. The van der Waals surface area contributed by atoms with Crippen LogP contribution in [0, 0.1) is 19.3 Å². The van der Waals surface area contributed by atoms with E-state index in [1.807, 2.05) is 56.3 Å². The molecule has 0 saturated carbocycles. The standard InChI is InChI=1S/C38H34N6O4/c1-20-9-8-12-26(21(20)2)40-36-37(42-35-34(41-36)43-48-44-35)47-29-16-14-23(17-30(29)46-5)33-32-25(18-38(3,4)19-28(32)45)31-24-11-7-6-10-22(24)13-15-27(31)39-33/h6-17,33,39H,18-19H2,1-5H3,(H,40,41,43). The number of nitrogens with one attached hydrogen (secondary N) is 2. The van der Waals surface area contributed by atoms with E-state index in [1.54, 1.807) is 7.11 Å². The van der Waals surface area contributed by atoms with Gasteiger partial charge in [-0.15, -0.1) is 0 Å². The maximum absolute atomic E-state index is 14.0. The van der Waals surface area contributed by atoms with Gasteiger partial charge in [-0.1, -0.05) is 62.4 Å². The second kappa shape index (κ2) is 11.2. The van der Waals surface area contributed by atoms with Gasteiger partial charge in [-0.05, 0) is 93.3 Å². The summed E-state index contributed by atoms with van der Waals surface area (Å²) in [5, 5.41) is 17.1. The highest BCUT2D eigenvalue weighted by atomic mass is 16.6. The van der Waals surface area contributed by atoms with Crippen LogP contribution in [0.25, 0.3) is 27.6 Å². The summed E-state index contributed by atoms with van der Waals surface area (Å²) in [7, 11) is 1.59. The second-order valence-electron chi connectivity index (χ2n) is 13.3. The first-order valence-corrected chi connectivity index (χ1v) is 15.9. The summed E-state index contributed by atoms with van der Waals surface area (Å²) >= 11 is 0. The number of hydrogen-bond donors (Lipinski definition) is 2. The Morgan fingerprint density at radius 1 is 0.917 bits per heavy atom. The molecule has 3 heterocycles. The first-order valence-electron chi connectivity index (χ1n) is 15.9. The number of anilines is 3. The summed E-state index contributed by atoms with van der Waals surface area (Å²) in [5.74, 6) is 1.58. The fourth-order valence-electron chi connectivity index (χ4n) is 6.93. The van der Waals surface area contributed by atoms with Crippen molar-refractivity contribution in [2.24, 2.45) is 5.41 Å². The molecule has 4 aromatic carbocycles. The molecule has 0 bridgehead atoms. The number of rotatable bonds is 6. The number of allylic oxidation sites excluding steroid dienone is 1. The first-order chi connectivity index (χ1) is 23.2. The lowest BCUT2D eigenvalue weighted by Crippen LogP contribution is -2.33. The Hall–Kier alpha value is -5.77. The van der Waals surface area contributed by atoms with E-state index in [0.29, 0.717) is 23.7 Å². The normalized spacial score (nSPS) is 16.8. The van der Waals surface area contributed by atoms with Crippen molar-refractivity contribution >= 4 is 50.6 Å². The van der Waals surface area contributed by atoms with Gasteiger partial charge in [-0.3, -0.25) is 4.79 Å². The van der Waals surface area contributed by atoms with Crippen LogP contribution >= 0.6 is 0 Å². The molecule has 10 heteroatoms. The zero-order valence-electron chi connectivity index (χ0n) is 27.3.